The van der Waals surface area contributed by atoms with Crippen molar-refractivity contribution in [3.63, 3.8) is 0 Å². The van der Waals surface area contributed by atoms with E-state index in [1.54, 1.807) is 0 Å². The van der Waals surface area contributed by atoms with Crippen LogP contribution in [0.4, 0.5) is 0 Å². The molecule has 0 saturated heterocycles. The van der Waals surface area contributed by atoms with Gasteiger partial charge in [-0.1, -0.05) is 5.57 Å². The van der Waals surface area contributed by atoms with Crippen LogP contribution in [0.25, 0.3) is 0 Å². The van der Waals surface area contributed by atoms with E-state index in [4.69, 9.17) is 10.2 Å². The van der Waals surface area contributed by atoms with Crippen molar-refractivity contribution >= 4 is 11.9 Å². The zero-order valence-corrected chi connectivity index (χ0v) is 12.2. The number of carboxylic acid groups (broad SMARTS) is 2. The van der Waals surface area contributed by atoms with E-state index in [1.165, 1.54) is 5.57 Å². The summed E-state index contributed by atoms with van der Waals surface area (Å²) in [4.78, 5) is 21.8. The molecule has 5 nitrogen and oxygen atoms in total. The maximum absolute atomic E-state index is 9.90. The summed E-state index contributed by atoms with van der Waals surface area (Å²) < 4.78 is 0. The quantitative estimate of drug-likeness (QED) is 0.587. The Morgan fingerprint density at radius 2 is 1.11 bits per heavy atom. The molecule has 5 heteroatoms. The zero-order valence-electron chi connectivity index (χ0n) is 12.2. The summed E-state index contributed by atoms with van der Waals surface area (Å²) in [5, 5.41) is 16.3. The molecule has 0 aromatic rings. The van der Waals surface area contributed by atoms with Gasteiger partial charge in [0.2, 0.25) is 0 Å². The van der Waals surface area contributed by atoms with E-state index in [0.717, 1.165) is 0 Å². The summed E-state index contributed by atoms with van der Waals surface area (Å²) in [7, 11) is 6.00. The molecular formula is C13H27NO4. The molecule has 108 valence electrons. The molecule has 0 fully saturated rings. The van der Waals surface area contributed by atoms with Crippen molar-refractivity contribution in [2.45, 2.75) is 39.5 Å². The van der Waals surface area contributed by atoms with Gasteiger partial charge in [-0.2, -0.15) is 0 Å². The summed E-state index contributed by atoms with van der Waals surface area (Å²) in [5.74, 6) is -1.74. The zero-order chi connectivity index (χ0) is 15.1. The van der Waals surface area contributed by atoms with E-state index in [-0.39, 0.29) is 12.8 Å². The van der Waals surface area contributed by atoms with Gasteiger partial charge in [0.25, 0.3) is 0 Å². The monoisotopic (exact) mass is 261 g/mol. The van der Waals surface area contributed by atoms with Crippen molar-refractivity contribution in [1.29, 1.82) is 0 Å². The normalized spacial score (nSPS) is 8.56. The molecule has 0 unspecified atom stereocenters. The fourth-order valence-corrected chi connectivity index (χ4v) is 0.552. The second kappa shape index (κ2) is 15.6. The Hall–Kier alpha value is -1.36. The van der Waals surface area contributed by atoms with Crippen LogP contribution in [-0.2, 0) is 9.59 Å². The molecule has 0 atom stereocenters. The molecule has 18 heavy (non-hydrogen) atoms. The summed E-state index contributed by atoms with van der Waals surface area (Å²) in [6.07, 6.45) is 1.02. The van der Waals surface area contributed by atoms with E-state index in [1.807, 2.05) is 39.9 Å². The Labute approximate surface area is 110 Å². The first kappa shape index (κ1) is 21.9. The maximum Gasteiger partial charge on any atom is 0.303 e. The van der Waals surface area contributed by atoms with Crippen molar-refractivity contribution < 1.29 is 19.8 Å². The molecule has 0 amide bonds. The molecule has 0 saturated carbocycles. The second-order valence-electron chi connectivity index (χ2n) is 4.54. The molecule has 0 spiro atoms. The molecule has 0 bridgehead atoms. The lowest BCUT2D eigenvalue weighted by Gasteiger charge is -1.92. The fourth-order valence-electron chi connectivity index (χ4n) is 0.552. The number of hydrogen-bond donors (Lipinski definition) is 2. The summed E-state index contributed by atoms with van der Waals surface area (Å²) in [6.45, 7) is 7.50. The van der Waals surface area contributed by atoms with Crippen LogP contribution in [0.15, 0.2) is 12.2 Å². The SMILES string of the molecule is C=C(C)C.CN(C)C.O=C(O)CCCCC(=O)O. The predicted octanol–water partition coefficient (Wildman–Crippen LogP) is 2.48. The molecule has 2 N–H and O–H groups in total. The molecule has 0 heterocycles. The Kier molecular flexibility index (Phi) is 19.0. The van der Waals surface area contributed by atoms with Crippen LogP contribution in [0.2, 0.25) is 0 Å². The van der Waals surface area contributed by atoms with Crippen LogP contribution in [-0.4, -0.2) is 48.2 Å². The molecule has 0 rings (SSSR count). The topological polar surface area (TPSA) is 77.8 Å². The average molecular weight is 261 g/mol. The lowest BCUT2D eigenvalue weighted by molar-refractivity contribution is -0.139. The Bertz CT molecular complexity index is 214. The molecule has 0 radical (unpaired) electrons. The van der Waals surface area contributed by atoms with Crippen molar-refractivity contribution in [3.05, 3.63) is 12.2 Å². The Morgan fingerprint density at radius 1 is 0.944 bits per heavy atom. The average Bonchev–Trinajstić information content (AvgIpc) is 2.09. The van der Waals surface area contributed by atoms with E-state index >= 15 is 0 Å². The third-order valence-electron chi connectivity index (χ3n) is 1.03. The highest BCUT2D eigenvalue weighted by Crippen LogP contribution is 1.98. The van der Waals surface area contributed by atoms with Gasteiger partial charge in [0.1, 0.15) is 0 Å². The Balaban J connectivity index is -0.000000233. The lowest BCUT2D eigenvalue weighted by atomic mass is 10.2. The fraction of sp³-hybridized carbons (Fsp3) is 0.692. The van der Waals surface area contributed by atoms with Crippen molar-refractivity contribution in [2.75, 3.05) is 21.1 Å². The van der Waals surface area contributed by atoms with E-state index < -0.39 is 11.9 Å². The minimum Gasteiger partial charge on any atom is -0.481 e. The van der Waals surface area contributed by atoms with Gasteiger partial charge < -0.3 is 15.1 Å². The van der Waals surface area contributed by atoms with Crippen LogP contribution >= 0.6 is 0 Å². The maximum atomic E-state index is 9.90. The number of unbranched alkanes of at least 4 members (excludes halogenated alkanes) is 1. The minimum atomic E-state index is -0.870. The van der Waals surface area contributed by atoms with Gasteiger partial charge in [-0.25, -0.2) is 0 Å². The van der Waals surface area contributed by atoms with Crippen LogP contribution in [0.5, 0.6) is 0 Å². The van der Waals surface area contributed by atoms with Gasteiger partial charge in [0.05, 0.1) is 0 Å². The van der Waals surface area contributed by atoms with Gasteiger partial charge in [0, 0.05) is 12.8 Å². The third-order valence-corrected chi connectivity index (χ3v) is 1.03. The number of carbonyl (C=O) groups is 2. The first-order valence-corrected chi connectivity index (χ1v) is 5.76. The Morgan fingerprint density at radius 3 is 1.22 bits per heavy atom. The smallest absolute Gasteiger partial charge is 0.303 e. The highest BCUT2D eigenvalue weighted by Gasteiger charge is 1.99. The number of rotatable bonds is 5. The molecule has 0 aromatic carbocycles. The molecule has 0 aromatic heterocycles. The number of carboxylic acids is 2. The highest BCUT2D eigenvalue weighted by molar-refractivity contribution is 5.67. The van der Waals surface area contributed by atoms with Crippen molar-refractivity contribution in [3.8, 4) is 0 Å². The number of hydrogen-bond acceptors (Lipinski definition) is 3. The molecule has 0 aliphatic heterocycles. The van der Waals surface area contributed by atoms with Crippen molar-refractivity contribution in [1.82, 2.24) is 4.90 Å². The van der Waals surface area contributed by atoms with Crippen LogP contribution in [0, 0.1) is 0 Å². The second-order valence-corrected chi connectivity index (χ2v) is 4.54. The van der Waals surface area contributed by atoms with E-state index in [0.29, 0.717) is 12.8 Å². The summed E-state index contributed by atoms with van der Waals surface area (Å²) >= 11 is 0. The lowest BCUT2D eigenvalue weighted by Crippen LogP contribution is -1.99. The van der Waals surface area contributed by atoms with E-state index in [9.17, 15) is 9.59 Å². The third kappa shape index (κ3) is 85.6. The van der Waals surface area contributed by atoms with Crippen LogP contribution in [0.3, 0.4) is 0 Å². The standard InChI is InChI=1S/C6H10O4.C4H8.C3H9N/c7-5(8)3-1-2-4-6(9)10;2*1-4(2)3/h1-4H2,(H,7,8)(H,9,10);1H2,2-3H3;1-3H3. The highest BCUT2D eigenvalue weighted by atomic mass is 16.4. The van der Waals surface area contributed by atoms with Crippen LogP contribution < -0.4 is 0 Å². The van der Waals surface area contributed by atoms with Gasteiger partial charge in [-0.15, -0.1) is 6.58 Å². The first-order chi connectivity index (χ1) is 8.09. The van der Waals surface area contributed by atoms with Gasteiger partial charge in [-0.05, 0) is 47.8 Å². The summed E-state index contributed by atoms with van der Waals surface area (Å²) in [6, 6.07) is 0. The van der Waals surface area contributed by atoms with E-state index in [2.05, 4.69) is 6.58 Å². The van der Waals surface area contributed by atoms with Crippen LogP contribution in [0.1, 0.15) is 39.5 Å². The number of nitrogens with zero attached hydrogens (tertiary/aromatic N) is 1. The predicted molar refractivity (Wildman–Crippen MR) is 73.8 cm³/mol. The van der Waals surface area contributed by atoms with Gasteiger partial charge >= 0.3 is 11.9 Å². The number of allylic oxidation sites excluding steroid dienone is 1. The minimum absolute atomic E-state index is 0.0628. The molecular weight excluding hydrogens is 234 g/mol. The largest absolute Gasteiger partial charge is 0.481 e. The molecule has 0 aliphatic rings. The summed E-state index contributed by atoms with van der Waals surface area (Å²) in [5.41, 5.74) is 1.17. The molecule has 0 aliphatic carbocycles. The number of aliphatic carboxylic acids is 2. The van der Waals surface area contributed by atoms with Crippen molar-refractivity contribution in [2.24, 2.45) is 0 Å². The van der Waals surface area contributed by atoms with Gasteiger partial charge in [-0.3, -0.25) is 9.59 Å². The first-order valence-electron chi connectivity index (χ1n) is 5.76. The van der Waals surface area contributed by atoms with Gasteiger partial charge in [0.15, 0.2) is 0 Å².